The van der Waals surface area contributed by atoms with Gasteiger partial charge < -0.3 is 0 Å². The van der Waals surface area contributed by atoms with Crippen molar-refractivity contribution in [3.63, 3.8) is 0 Å². The molecule has 5 nitrogen and oxygen atoms in total. The van der Waals surface area contributed by atoms with Crippen molar-refractivity contribution in [3.05, 3.63) is 51.8 Å². The van der Waals surface area contributed by atoms with Gasteiger partial charge in [0.05, 0.1) is 16.1 Å². The highest BCUT2D eigenvalue weighted by Crippen LogP contribution is 2.37. The monoisotopic (exact) mass is 397 g/mol. The fourth-order valence-corrected chi connectivity index (χ4v) is 4.55. The molecule has 0 fully saturated rings. The Hall–Kier alpha value is -1.73. The summed E-state index contributed by atoms with van der Waals surface area (Å²) in [5.41, 5.74) is 3.05. The zero-order chi connectivity index (χ0) is 19.3. The summed E-state index contributed by atoms with van der Waals surface area (Å²) < 4.78 is 40.7. The number of rotatable bonds is 3. The highest BCUT2D eigenvalue weighted by Gasteiger charge is 2.39. The van der Waals surface area contributed by atoms with Gasteiger partial charge in [-0.1, -0.05) is 0 Å². The Morgan fingerprint density at radius 3 is 2.65 bits per heavy atom. The molecule has 0 saturated heterocycles. The Balaban J connectivity index is 2.04. The molecule has 2 heterocycles. The smallest absolute Gasteiger partial charge is 0.240 e. The van der Waals surface area contributed by atoms with Crippen LogP contribution in [0.4, 0.5) is 10.1 Å². The standard InChI is InChI=1S/C18H21ClFN3O2S/c1-11-10-21-17(19)22-15(11)8-12-7-14(20)13-5-6-23(16(13)9-12)26(24,25)18(2,3)4/h7,9-10H,5-6,8H2,1-4H3. The maximum Gasteiger partial charge on any atom is 0.240 e. The predicted octanol–water partition coefficient (Wildman–Crippen LogP) is 3.66. The van der Waals surface area contributed by atoms with E-state index in [2.05, 4.69) is 9.97 Å². The molecule has 2 aromatic rings. The molecule has 1 aliphatic heterocycles. The first kappa shape index (κ1) is 19.0. The molecule has 8 heteroatoms. The summed E-state index contributed by atoms with van der Waals surface area (Å²) in [6, 6.07) is 3.19. The minimum absolute atomic E-state index is 0.129. The third kappa shape index (κ3) is 3.30. The average Bonchev–Trinajstić information content (AvgIpc) is 2.95. The van der Waals surface area contributed by atoms with E-state index in [1.807, 2.05) is 6.92 Å². The summed E-state index contributed by atoms with van der Waals surface area (Å²) in [6.45, 7) is 7.05. The van der Waals surface area contributed by atoms with Crippen molar-refractivity contribution in [1.82, 2.24) is 9.97 Å². The van der Waals surface area contributed by atoms with Crippen molar-refractivity contribution >= 4 is 27.3 Å². The van der Waals surface area contributed by atoms with Crippen LogP contribution in [0.2, 0.25) is 5.28 Å². The third-order valence-electron chi connectivity index (χ3n) is 4.55. The maximum atomic E-state index is 14.6. The molecule has 0 bridgehead atoms. The number of hydrogen-bond acceptors (Lipinski definition) is 4. The van der Waals surface area contributed by atoms with Crippen LogP contribution >= 0.6 is 11.6 Å². The highest BCUT2D eigenvalue weighted by molar-refractivity contribution is 7.94. The first-order chi connectivity index (χ1) is 12.0. The van der Waals surface area contributed by atoms with Crippen molar-refractivity contribution in [1.29, 1.82) is 0 Å². The summed E-state index contributed by atoms with van der Waals surface area (Å²) in [5.74, 6) is -0.387. The van der Waals surface area contributed by atoms with Crippen molar-refractivity contribution < 1.29 is 12.8 Å². The highest BCUT2D eigenvalue weighted by atomic mass is 35.5. The van der Waals surface area contributed by atoms with E-state index in [4.69, 9.17) is 11.6 Å². The van der Waals surface area contributed by atoms with Gasteiger partial charge in [-0.2, -0.15) is 0 Å². The van der Waals surface area contributed by atoms with Crippen molar-refractivity contribution in [2.45, 2.75) is 45.3 Å². The molecule has 0 spiro atoms. The van der Waals surface area contributed by atoms with Gasteiger partial charge in [0, 0.05) is 24.7 Å². The number of anilines is 1. The normalized spacial score (nSPS) is 14.6. The summed E-state index contributed by atoms with van der Waals surface area (Å²) >= 11 is 5.86. The number of aryl methyl sites for hydroxylation is 1. The van der Waals surface area contributed by atoms with Gasteiger partial charge in [0.15, 0.2) is 0 Å². The molecule has 0 amide bonds. The maximum absolute atomic E-state index is 14.6. The van der Waals surface area contributed by atoms with Crippen LogP contribution in [0.1, 0.15) is 43.2 Å². The summed E-state index contributed by atoms with van der Waals surface area (Å²) in [5, 5.41) is 0.129. The third-order valence-corrected chi connectivity index (χ3v) is 7.24. The van der Waals surface area contributed by atoms with Crippen LogP contribution in [0.5, 0.6) is 0 Å². The molecule has 0 N–H and O–H groups in total. The Labute approximate surface area is 158 Å². The number of halogens is 2. The lowest BCUT2D eigenvalue weighted by molar-refractivity contribution is 0.556. The first-order valence-electron chi connectivity index (χ1n) is 8.32. The SMILES string of the molecule is Cc1cnc(Cl)nc1Cc1cc(F)c2c(c1)N(S(=O)(=O)C(C)(C)C)CC2. The number of fused-ring (bicyclic) bond motifs is 1. The van der Waals surface area contributed by atoms with Crippen molar-refractivity contribution in [2.24, 2.45) is 0 Å². The largest absolute Gasteiger partial charge is 0.269 e. The van der Waals surface area contributed by atoms with Crippen LogP contribution in [0.25, 0.3) is 0 Å². The summed E-state index contributed by atoms with van der Waals surface area (Å²) in [4.78, 5) is 8.12. The van der Waals surface area contributed by atoms with E-state index in [1.165, 1.54) is 10.4 Å². The van der Waals surface area contributed by atoms with E-state index in [1.54, 1.807) is 33.0 Å². The summed E-state index contributed by atoms with van der Waals surface area (Å²) in [6.07, 6.45) is 2.33. The van der Waals surface area contributed by atoms with Crippen LogP contribution in [0, 0.1) is 12.7 Å². The van der Waals surface area contributed by atoms with Crippen LogP contribution in [0.15, 0.2) is 18.3 Å². The molecule has 1 aliphatic rings. The van der Waals surface area contributed by atoms with Gasteiger partial charge in [0.2, 0.25) is 15.3 Å². The number of hydrogen-bond donors (Lipinski definition) is 0. The second-order valence-electron chi connectivity index (χ2n) is 7.46. The van der Waals surface area contributed by atoms with Gasteiger partial charge >= 0.3 is 0 Å². The Kier molecular flexibility index (Phi) is 4.73. The Bertz CT molecular complexity index is 971. The second kappa shape index (κ2) is 6.46. The van der Waals surface area contributed by atoms with E-state index in [0.717, 1.165) is 5.56 Å². The quantitative estimate of drug-likeness (QED) is 0.741. The van der Waals surface area contributed by atoms with Crippen LogP contribution in [-0.2, 0) is 22.9 Å². The van der Waals surface area contributed by atoms with Gasteiger partial charge in [-0.05, 0) is 69.0 Å². The molecule has 0 saturated carbocycles. The summed E-state index contributed by atoms with van der Waals surface area (Å²) in [7, 11) is -3.59. The number of benzene rings is 1. The molecule has 26 heavy (non-hydrogen) atoms. The minimum atomic E-state index is -3.59. The number of nitrogens with zero attached hydrogens (tertiary/aromatic N) is 3. The van der Waals surface area contributed by atoms with E-state index in [9.17, 15) is 12.8 Å². The van der Waals surface area contributed by atoms with Crippen LogP contribution in [-0.4, -0.2) is 29.7 Å². The van der Waals surface area contributed by atoms with E-state index >= 15 is 0 Å². The van der Waals surface area contributed by atoms with Crippen LogP contribution < -0.4 is 4.31 Å². The molecular formula is C18H21ClFN3O2S. The van der Waals surface area contributed by atoms with E-state index in [0.29, 0.717) is 35.3 Å². The average molecular weight is 398 g/mol. The molecule has 140 valence electrons. The molecule has 3 rings (SSSR count). The van der Waals surface area contributed by atoms with Crippen LogP contribution in [0.3, 0.4) is 0 Å². The molecule has 1 aromatic carbocycles. The molecule has 0 aliphatic carbocycles. The molecule has 0 radical (unpaired) electrons. The first-order valence-corrected chi connectivity index (χ1v) is 10.1. The molecule has 0 atom stereocenters. The van der Waals surface area contributed by atoms with Gasteiger partial charge in [0.1, 0.15) is 5.82 Å². The van der Waals surface area contributed by atoms with Crippen molar-refractivity contribution in [3.8, 4) is 0 Å². The lowest BCUT2D eigenvalue weighted by Crippen LogP contribution is -2.42. The topological polar surface area (TPSA) is 63.2 Å². The fourth-order valence-electron chi connectivity index (χ4n) is 2.99. The minimum Gasteiger partial charge on any atom is -0.269 e. The lowest BCUT2D eigenvalue weighted by atomic mass is 10.0. The predicted molar refractivity (Wildman–Crippen MR) is 101 cm³/mol. The molecular weight excluding hydrogens is 377 g/mol. The Morgan fingerprint density at radius 2 is 2.00 bits per heavy atom. The second-order valence-corrected chi connectivity index (χ2v) is 10.4. The fraction of sp³-hybridized carbons (Fsp3) is 0.444. The van der Waals surface area contributed by atoms with Crippen molar-refractivity contribution in [2.75, 3.05) is 10.8 Å². The van der Waals surface area contributed by atoms with Gasteiger partial charge in [-0.3, -0.25) is 4.31 Å². The van der Waals surface area contributed by atoms with Gasteiger partial charge in [0.25, 0.3) is 0 Å². The molecule has 0 unspecified atom stereocenters. The molecule has 1 aromatic heterocycles. The van der Waals surface area contributed by atoms with E-state index < -0.39 is 14.8 Å². The zero-order valence-electron chi connectivity index (χ0n) is 15.2. The van der Waals surface area contributed by atoms with E-state index in [-0.39, 0.29) is 17.6 Å². The zero-order valence-corrected chi connectivity index (χ0v) is 16.7. The number of sulfonamides is 1. The Morgan fingerprint density at radius 1 is 1.31 bits per heavy atom. The van der Waals surface area contributed by atoms with Gasteiger partial charge in [-0.25, -0.2) is 22.8 Å². The lowest BCUT2D eigenvalue weighted by Gasteiger charge is -2.28. The number of aromatic nitrogens is 2. The van der Waals surface area contributed by atoms with Gasteiger partial charge in [-0.15, -0.1) is 0 Å².